The lowest BCUT2D eigenvalue weighted by Crippen LogP contribution is -2.12. The van der Waals surface area contributed by atoms with Gasteiger partial charge in [-0.1, -0.05) is 30.3 Å². The molecule has 2 heterocycles. The summed E-state index contributed by atoms with van der Waals surface area (Å²) in [6, 6.07) is 10.1. The maximum absolute atomic E-state index is 4.69. The summed E-state index contributed by atoms with van der Waals surface area (Å²) in [5, 5.41) is 6.51. The van der Waals surface area contributed by atoms with E-state index in [4.69, 9.17) is 4.98 Å². The third-order valence-corrected chi connectivity index (χ3v) is 3.15. The van der Waals surface area contributed by atoms with Gasteiger partial charge in [0.15, 0.2) is 5.82 Å². The molecule has 18 heavy (non-hydrogen) atoms. The second-order valence-corrected chi connectivity index (χ2v) is 4.42. The lowest BCUT2D eigenvalue weighted by molar-refractivity contribution is 0.744. The second kappa shape index (κ2) is 4.84. The van der Waals surface area contributed by atoms with Crippen molar-refractivity contribution in [2.24, 2.45) is 0 Å². The molecule has 1 aliphatic rings. The van der Waals surface area contributed by atoms with Gasteiger partial charge in [0, 0.05) is 30.8 Å². The number of nitrogens with one attached hydrogen (secondary N) is 2. The number of nitrogens with zero attached hydrogens (tertiary/aromatic N) is 2. The Morgan fingerprint density at radius 1 is 1.17 bits per heavy atom. The summed E-state index contributed by atoms with van der Waals surface area (Å²) in [6.07, 6.45) is 0. The van der Waals surface area contributed by atoms with E-state index in [0.717, 1.165) is 42.4 Å². The number of rotatable bonds is 3. The van der Waals surface area contributed by atoms with Crippen molar-refractivity contribution in [1.82, 2.24) is 20.6 Å². The molecule has 0 unspecified atom stereocenters. The summed E-state index contributed by atoms with van der Waals surface area (Å²) in [5.74, 6) is 0.823. The zero-order chi connectivity index (χ0) is 12.4. The number of fused-ring (bicyclic) bond motifs is 1. The Morgan fingerprint density at radius 3 is 2.78 bits per heavy atom. The normalized spacial score (nSPS) is 13.6. The van der Waals surface area contributed by atoms with Gasteiger partial charge in [-0.15, -0.1) is 0 Å². The molecule has 0 radical (unpaired) electrons. The van der Waals surface area contributed by atoms with Gasteiger partial charge in [0.25, 0.3) is 0 Å². The molecule has 0 amide bonds. The molecule has 0 bridgehead atoms. The Bertz CT molecular complexity index is 551. The van der Waals surface area contributed by atoms with E-state index in [0.29, 0.717) is 0 Å². The van der Waals surface area contributed by atoms with Gasteiger partial charge in [-0.2, -0.15) is 0 Å². The maximum Gasteiger partial charge on any atom is 0.159 e. The van der Waals surface area contributed by atoms with Gasteiger partial charge >= 0.3 is 0 Å². The Labute approximate surface area is 106 Å². The van der Waals surface area contributed by atoms with Crippen LogP contribution in [-0.4, -0.2) is 17.0 Å². The van der Waals surface area contributed by atoms with Crippen LogP contribution in [-0.2, 0) is 19.6 Å². The van der Waals surface area contributed by atoms with Gasteiger partial charge in [0.05, 0.1) is 11.4 Å². The first-order valence-corrected chi connectivity index (χ1v) is 6.18. The van der Waals surface area contributed by atoms with Crippen LogP contribution >= 0.6 is 0 Å². The van der Waals surface area contributed by atoms with E-state index in [2.05, 4.69) is 15.6 Å². The van der Waals surface area contributed by atoms with E-state index in [9.17, 15) is 0 Å². The van der Waals surface area contributed by atoms with E-state index in [1.54, 1.807) is 0 Å². The number of hydrogen-bond acceptors (Lipinski definition) is 4. The molecule has 2 aromatic rings. The molecule has 0 atom stereocenters. The van der Waals surface area contributed by atoms with E-state index >= 15 is 0 Å². The Morgan fingerprint density at radius 2 is 2.00 bits per heavy atom. The molecule has 1 aromatic heterocycles. The standard InChI is InChI=1S/C14H16N4/c1-15-8-12-11-7-16-9-13(11)18-14(17-12)10-5-3-2-4-6-10/h2-6,15-16H,7-9H2,1H3. The first-order valence-electron chi connectivity index (χ1n) is 6.18. The fraction of sp³-hybridized carbons (Fsp3) is 0.286. The van der Waals surface area contributed by atoms with Gasteiger partial charge in [0.2, 0.25) is 0 Å². The van der Waals surface area contributed by atoms with Crippen LogP contribution in [0.15, 0.2) is 30.3 Å². The highest BCUT2D eigenvalue weighted by molar-refractivity contribution is 5.55. The predicted molar refractivity (Wildman–Crippen MR) is 70.8 cm³/mol. The quantitative estimate of drug-likeness (QED) is 0.853. The van der Waals surface area contributed by atoms with Crippen molar-refractivity contribution in [3.05, 3.63) is 47.3 Å². The number of aromatic nitrogens is 2. The lowest BCUT2D eigenvalue weighted by Gasteiger charge is -2.09. The molecule has 0 saturated carbocycles. The average Bonchev–Trinajstić information content (AvgIpc) is 2.88. The first kappa shape index (κ1) is 11.3. The molecule has 4 nitrogen and oxygen atoms in total. The van der Waals surface area contributed by atoms with E-state index < -0.39 is 0 Å². The monoisotopic (exact) mass is 240 g/mol. The summed E-state index contributed by atoms with van der Waals surface area (Å²) in [6.45, 7) is 2.50. The number of benzene rings is 1. The molecule has 1 aromatic carbocycles. The maximum atomic E-state index is 4.69. The highest BCUT2D eigenvalue weighted by Gasteiger charge is 2.18. The summed E-state index contributed by atoms with van der Waals surface area (Å²) in [7, 11) is 1.94. The van der Waals surface area contributed by atoms with Gasteiger partial charge < -0.3 is 10.6 Å². The van der Waals surface area contributed by atoms with Crippen molar-refractivity contribution >= 4 is 0 Å². The fourth-order valence-corrected chi connectivity index (χ4v) is 2.27. The second-order valence-electron chi connectivity index (χ2n) is 4.42. The van der Waals surface area contributed by atoms with Gasteiger partial charge in [-0.3, -0.25) is 0 Å². The third kappa shape index (κ3) is 2.00. The van der Waals surface area contributed by atoms with Crippen LogP contribution in [0.2, 0.25) is 0 Å². The van der Waals surface area contributed by atoms with Crippen molar-refractivity contribution in [2.45, 2.75) is 19.6 Å². The van der Waals surface area contributed by atoms with Gasteiger partial charge in [-0.05, 0) is 7.05 Å². The SMILES string of the molecule is CNCc1nc(-c2ccccc2)nc2c1CNC2. The summed E-state index contributed by atoms with van der Waals surface area (Å²) >= 11 is 0. The smallest absolute Gasteiger partial charge is 0.159 e. The Hall–Kier alpha value is -1.78. The molecule has 0 fully saturated rings. The van der Waals surface area contributed by atoms with Crippen LogP contribution in [0.3, 0.4) is 0 Å². The van der Waals surface area contributed by atoms with E-state index in [-0.39, 0.29) is 0 Å². The minimum atomic E-state index is 0.784. The van der Waals surface area contributed by atoms with Crippen molar-refractivity contribution in [2.75, 3.05) is 7.05 Å². The molecule has 3 rings (SSSR count). The lowest BCUT2D eigenvalue weighted by atomic mass is 10.1. The molecule has 0 saturated heterocycles. The highest BCUT2D eigenvalue weighted by atomic mass is 15.0. The van der Waals surface area contributed by atoms with Crippen molar-refractivity contribution in [3.63, 3.8) is 0 Å². The largest absolute Gasteiger partial charge is 0.314 e. The van der Waals surface area contributed by atoms with Crippen molar-refractivity contribution < 1.29 is 0 Å². The van der Waals surface area contributed by atoms with Crippen LogP contribution in [0.1, 0.15) is 17.0 Å². The topological polar surface area (TPSA) is 49.8 Å². The first-order chi connectivity index (χ1) is 8.88. The molecular weight excluding hydrogens is 224 g/mol. The van der Waals surface area contributed by atoms with E-state index in [1.807, 2.05) is 37.4 Å². The molecule has 1 aliphatic heterocycles. The minimum Gasteiger partial charge on any atom is -0.314 e. The van der Waals surface area contributed by atoms with Gasteiger partial charge in [0.1, 0.15) is 0 Å². The van der Waals surface area contributed by atoms with E-state index in [1.165, 1.54) is 5.56 Å². The number of hydrogen-bond donors (Lipinski definition) is 2. The average molecular weight is 240 g/mol. The molecule has 92 valence electrons. The molecular formula is C14H16N4. The molecule has 4 heteroatoms. The van der Waals surface area contributed by atoms with Crippen molar-refractivity contribution in [3.8, 4) is 11.4 Å². The molecule has 2 N–H and O–H groups in total. The zero-order valence-corrected chi connectivity index (χ0v) is 10.4. The molecule has 0 spiro atoms. The Balaban J connectivity index is 2.09. The highest BCUT2D eigenvalue weighted by Crippen LogP contribution is 2.22. The van der Waals surface area contributed by atoms with Crippen LogP contribution in [0.4, 0.5) is 0 Å². The van der Waals surface area contributed by atoms with Crippen LogP contribution in [0.5, 0.6) is 0 Å². The zero-order valence-electron chi connectivity index (χ0n) is 10.4. The van der Waals surface area contributed by atoms with Crippen LogP contribution < -0.4 is 10.6 Å². The third-order valence-electron chi connectivity index (χ3n) is 3.15. The van der Waals surface area contributed by atoms with Crippen LogP contribution in [0, 0.1) is 0 Å². The fourth-order valence-electron chi connectivity index (χ4n) is 2.27. The summed E-state index contributed by atoms with van der Waals surface area (Å²) < 4.78 is 0. The Kier molecular flexibility index (Phi) is 3.04. The summed E-state index contributed by atoms with van der Waals surface area (Å²) in [4.78, 5) is 9.36. The van der Waals surface area contributed by atoms with Gasteiger partial charge in [-0.25, -0.2) is 9.97 Å². The van der Waals surface area contributed by atoms with Crippen molar-refractivity contribution in [1.29, 1.82) is 0 Å². The predicted octanol–water partition coefficient (Wildman–Crippen LogP) is 1.47. The van der Waals surface area contributed by atoms with Crippen LogP contribution in [0.25, 0.3) is 11.4 Å². The minimum absolute atomic E-state index is 0.784. The summed E-state index contributed by atoms with van der Waals surface area (Å²) in [5.41, 5.74) is 4.56. The molecule has 0 aliphatic carbocycles.